The molecule has 0 saturated carbocycles. The molecule has 28 heavy (non-hydrogen) atoms. The van der Waals surface area contributed by atoms with E-state index >= 15 is 0 Å². The average Bonchev–Trinajstić information content (AvgIpc) is 2.70. The number of nitrogens with zero attached hydrogens (tertiary/aromatic N) is 1. The standard InChI is InChI=1S/C21H31N7/c1-3-15-10-16(17(11-22)12-25-2)4-5-18(15)19(23)27-20(24)28-13-21(14-28)6-8-26-9-7-21/h4-5,10-12,22,25-26H,3,6-9,13-14H2,1-2H3,(H3,23,24,27)/b17-12+,22-11?. The van der Waals surface area contributed by atoms with Gasteiger partial charge in [-0.05, 0) is 43.5 Å². The second-order valence-corrected chi connectivity index (χ2v) is 7.71. The van der Waals surface area contributed by atoms with E-state index in [1.165, 1.54) is 19.1 Å². The van der Waals surface area contributed by atoms with Crippen LogP contribution in [0.2, 0.25) is 0 Å². The Morgan fingerprint density at radius 3 is 2.57 bits per heavy atom. The van der Waals surface area contributed by atoms with Crippen LogP contribution in [0.25, 0.3) is 5.57 Å². The van der Waals surface area contributed by atoms with Gasteiger partial charge >= 0.3 is 0 Å². The van der Waals surface area contributed by atoms with Gasteiger partial charge in [0.05, 0.1) is 0 Å². The second kappa shape index (κ2) is 8.56. The van der Waals surface area contributed by atoms with Gasteiger partial charge in [-0.1, -0.05) is 25.1 Å². The first-order valence-corrected chi connectivity index (χ1v) is 9.93. The predicted molar refractivity (Wildman–Crippen MR) is 115 cm³/mol. The first-order valence-electron chi connectivity index (χ1n) is 9.93. The molecule has 0 amide bonds. The third-order valence-electron chi connectivity index (χ3n) is 5.82. The Kier molecular flexibility index (Phi) is 6.14. The SMILES string of the molecule is CCc1cc(/C(C=N)=C/NC)ccc1C(=N)NC(=N)N1CC2(CCNCC2)C1. The van der Waals surface area contributed by atoms with Crippen molar-refractivity contribution in [2.24, 2.45) is 5.41 Å². The molecule has 150 valence electrons. The number of aryl methyl sites for hydroxylation is 1. The number of piperidine rings is 1. The Bertz CT molecular complexity index is 782. The Morgan fingerprint density at radius 1 is 1.25 bits per heavy atom. The maximum Gasteiger partial charge on any atom is 0.196 e. The predicted octanol–water partition coefficient (Wildman–Crippen LogP) is 1.99. The molecule has 7 nitrogen and oxygen atoms in total. The lowest BCUT2D eigenvalue weighted by Crippen LogP contribution is -2.64. The van der Waals surface area contributed by atoms with Gasteiger partial charge in [0.2, 0.25) is 0 Å². The number of likely N-dealkylation sites (tertiary alicyclic amines) is 1. The number of benzene rings is 1. The number of amidine groups is 1. The molecule has 2 fully saturated rings. The maximum atomic E-state index is 8.48. The van der Waals surface area contributed by atoms with Crippen LogP contribution < -0.4 is 16.0 Å². The summed E-state index contributed by atoms with van der Waals surface area (Å²) in [6.45, 7) is 6.01. The number of guanidine groups is 1. The Labute approximate surface area is 167 Å². The second-order valence-electron chi connectivity index (χ2n) is 7.71. The molecule has 0 atom stereocenters. The van der Waals surface area contributed by atoms with E-state index in [1.54, 1.807) is 6.20 Å². The van der Waals surface area contributed by atoms with Gasteiger partial charge in [-0.3, -0.25) is 10.8 Å². The Balaban J connectivity index is 1.66. The summed E-state index contributed by atoms with van der Waals surface area (Å²) in [7, 11) is 1.81. The van der Waals surface area contributed by atoms with E-state index in [1.807, 2.05) is 30.1 Å². The fourth-order valence-corrected chi connectivity index (χ4v) is 4.13. The van der Waals surface area contributed by atoms with Crippen molar-refractivity contribution in [2.45, 2.75) is 26.2 Å². The first-order chi connectivity index (χ1) is 13.5. The zero-order valence-electron chi connectivity index (χ0n) is 16.8. The highest BCUT2D eigenvalue weighted by Gasteiger charge is 2.44. The minimum absolute atomic E-state index is 0.258. The Morgan fingerprint density at radius 2 is 1.96 bits per heavy atom. The summed E-state index contributed by atoms with van der Waals surface area (Å²) in [6, 6.07) is 5.86. The van der Waals surface area contributed by atoms with E-state index in [-0.39, 0.29) is 5.84 Å². The lowest BCUT2D eigenvalue weighted by atomic mass is 9.72. The van der Waals surface area contributed by atoms with E-state index < -0.39 is 0 Å². The highest BCUT2D eigenvalue weighted by atomic mass is 15.3. The smallest absolute Gasteiger partial charge is 0.196 e. The molecule has 0 aliphatic carbocycles. The summed E-state index contributed by atoms with van der Waals surface area (Å²) >= 11 is 0. The van der Waals surface area contributed by atoms with E-state index in [2.05, 4.69) is 22.9 Å². The van der Waals surface area contributed by atoms with E-state index in [0.717, 1.165) is 54.9 Å². The molecule has 1 aromatic carbocycles. The zero-order chi connectivity index (χ0) is 20.1. The molecular formula is C21H31N7. The molecule has 1 aromatic rings. The van der Waals surface area contributed by atoms with E-state index in [4.69, 9.17) is 16.2 Å². The first kappa shape index (κ1) is 20.1. The molecule has 2 saturated heterocycles. The number of rotatable bonds is 5. The third-order valence-corrected chi connectivity index (χ3v) is 5.82. The molecule has 0 unspecified atom stereocenters. The van der Waals surface area contributed by atoms with Gasteiger partial charge < -0.3 is 26.3 Å². The van der Waals surface area contributed by atoms with Crippen molar-refractivity contribution in [3.8, 4) is 0 Å². The molecule has 3 rings (SSSR count). The zero-order valence-corrected chi connectivity index (χ0v) is 16.8. The molecule has 6 N–H and O–H groups in total. The molecule has 0 bridgehead atoms. The molecule has 1 spiro atoms. The van der Waals surface area contributed by atoms with Crippen molar-refractivity contribution in [1.82, 2.24) is 20.9 Å². The van der Waals surface area contributed by atoms with E-state index in [0.29, 0.717) is 11.4 Å². The van der Waals surface area contributed by atoms with Crippen molar-refractivity contribution >= 4 is 23.6 Å². The highest BCUT2D eigenvalue weighted by Crippen LogP contribution is 2.38. The van der Waals surface area contributed by atoms with Crippen LogP contribution in [0.15, 0.2) is 24.4 Å². The van der Waals surface area contributed by atoms with Gasteiger partial charge in [0, 0.05) is 49.1 Å². The van der Waals surface area contributed by atoms with Crippen LogP contribution in [0.5, 0.6) is 0 Å². The topological polar surface area (TPSA) is 111 Å². The molecule has 2 aliphatic heterocycles. The summed E-state index contributed by atoms with van der Waals surface area (Å²) in [5, 5.41) is 33.8. The molecular weight excluding hydrogens is 350 g/mol. The molecule has 0 radical (unpaired) electrons. The van der Waals surface area contributed by atoms with E-state index in [9.17, 15) is 0 Å². The van der Waals surface area contributed by atoms with Crippen molar-refractivity contribution in [2.75, 3.05) is 33.2 Å². The molecule has 7 heteroatoms. The van der Waals surface area contributed by atoms with Crippen molar-refractivity contribution < 1.29 is 0 Å². The van der Waals surface area contributed by atoms with Crippen LogP contribution >= 0.6 is 0 Å². The monoisotopic (exact) mass is 381 g/mol. The van der Waals surface area contributed by atoms with Crippen LogP contribution in [-0.2, 0) is 6.42 Å². The normalized spacial score (nSPS) is 18.4. The minimum Gasteiger partial charge on any atom is -0.393 e. The van der Waals surface area contributed by atoms with Crippen LogP contribution in [-0.4, -0.2) is 56.1 Å². The lowest BCUT2D eigenvalue weighted by molar-refractivity contribution is 0.0250. The average molecular weight is 382 g/mol. The number of hydrogen-bond donors (Lipinski definition) is 6. The van der Waals surface area contributed by atoms with Crippen LogP contribution in [0.1, 0.15) is 36.5 Å². The highest BCUT2D eigenvalue weighted by molar-refractivity contribution is 6.10. The van der Waals surface area contributed by atoms with Gasteiger partial charge in [0.15, 0.2) is 5.96 Å². The minimum atomic E-state index is 0.258. The van der Waals surface area contributed by atoms with Gasteiger partial charge in [-0.15, -0.1) is 0 Å². The van der Waals surface area contributed by atoms with Gasteiger partial charge in [0.25, 0.3) is 0 Å². The van der Waals surface area contributed by atoms with Gasteiger partial charge in [-0.25, -0.2) is 0 Å². The van der Waals surface area contributed by atoms with Gasteiger partial charge in [-0.2, -0.15) is 0 Å². The van der Waals surface area contributed by atoms with Crippen molar-refractivity contribution in [3.63, 3.8) is 0 Å². The lowest BCUT2D eigenvalue weighted by Gasteiger charge is -2.53. The summed E-state index contributed by atoms with van der Waals surface area (Å²) < 4.78 is 0. The summed E-state index contributed by atoms with van der Waals surface area (Å²) in [5.41, 5.74) is 3.94. The summed E-state index contributed by atoms with van der Waals surface area (Å²) in [4.78, 5) is 2.03. The maximum absolute atomic E-state index is 8.48. The summed E-state index contributed by atoms with van der Waals surface area (Å²) in [5.74, 6) is 0.573. The fraction of sp³-hybridized carbons (Fsp3) is 0.476. The third kappa shape index (κ3) is 4.09. The van der Waals surface area contributed by atoms with Crippen LogP contribution in [0.3, 0.4) is 0 Å². The van der Waals surface area contributed by atoms with Crippen molar-refractivity contribution in [3.05, 3.63) is 41.1 Å². The summed E-state index contributed by atoms with van der Waals surface area (Å²) in [6.07, 6.45) is 6.24. The van der Waals surface area contributed by atoms with Crippen molar-refractivity contribution in [1.29, 1.82) is 16.2 Å². The van der Waals surface area contributed by atoms with Gasteiger partial charge in [0.1, 0.15) is 5.84 Å². The van der Waals surface area contributed by atoms with Crippen LogP contribution in [0, 0.1) is 21.6 Å². The number of nitrogens with one attached hydrogen (secondary N) is 6. The van der Waals surface area contributed by atoms with Crippen LogP contribution in [0.4, 0.5) is 0 Å². The molecule has 0 aromatic heterocycles. The largest absolute Gasteiger partial charge is 0.393 e. The number of allylic oxidation sites excluding steroid dienone is 1. The Hall–Kier alpha value is -2.67. The fourth-order valence-electron chi connectivity index (χ4n) is 4.13. The molecule has 2 heterocycles. The number of hydrogen-bond acceptors (Lipinski definition) is 5. The quantitative estimate of drug-likeness (QED) is 0.346. The molecule has 2 aliphatic rings.